The van der Waals surface area contributed by atoms with E-state index < -0.39 is 18.9 Å². The fraction of sp³-hybridized carbons (Fsp3) is 1.00. The Morgan fingerprint density at radius 1 is 0.696 bits per heavy atom. The Bertz CT molecular complexity index is 421. The van der Waals surface area contributed by atoms with Crippen molar-refractivity contribution in [2.45, 2.75) is 101 Å². The van der Waals surface area contributed by atoms with Crippen molar-refractivity contribution in [2.75, 3.05) is 0 Å². The van der Waals surface area contributed by atoms with Crippen molar-refractivity contribution >= 4 is 41.6 Å². The quantitative estimate of drug-likeness (QED) is 0.365. The molecule has 0 heterocycles. The molecule has 0 aliphatic rings. The topological polar surface area (TPSA) is 49.4 Å². The van der Waals surface area contributed by atoms with Gasteiger partial charge in [0, 0.05) is 0 Å². The monoisotopic (exact) mass is 468 g/mol. The van der Waals surface area contributed by atoms with Crippen molar-refractivity contribution in [3.05, 3.63) is 0 Å². The van der Waals surface area contributed by atoms with Gasteiger partial charge in [-0.3, -0.25) is 0 Å². The summed E-state index contributed by atoms with van der Waals surface area (Å²) in [5, 5.41) is 0. The number of hydrogen-bond acceptors (Lipinski definition) is 4. The van der Waals surface area contributed by atoms with Crippen molar-refractivity contribution in [1.29, 1.82) is 0 Å². The van der Waals surface area contributed by atoms with Gasteiger partial charge in [0.05, 0.1) is 0 Å². The van der Waals surface area contributed by atoms with E-state index in [0.29, 0.717) is 0 Å². The maximum atomic E-state index is 5.05. The van der Waals surface area contributed by atoms with Crippen molar-refractivity contribution in [3.63, 3.8) is 0 Å². The average Bonchev–Trinajstić information content (AvgIpc) is 2.39. The van der Waals surface area contributed by atoms with Crippen LogP contribution in [0.15, 0.2) is 13.9 Å². The zero-order valence-electron chi connectivity index (χ0n) is 16.3. The van der Waals surface area contributed by atoms with Crippen LogP contribution in [0.25, 0.3) is 0 Å². The molecule has 0 aromatic rings. The summed E-state index contributed by atoms with van der Waals surface area (Å²) in [7, 11) is 0. The van der Waals surface area contributed by atoms with Crippen LogP contribution in [0.1, 0.15) is 81.1 Å². The van der Waals surface area contributed by atoms with Gasteiger partial charge in [-0.2, -0.15) is 0 Å². The van der Waals surface area contributed by atoms with Crippen LogP contribution in [0, 0.1) is 0 Å². The Hall–Kier alpha value is 0.439. The summed E-state index contributed by atoms with van der Waals surface area (Å²) < 4.78 is 21.7. The van der Waals surface area contributed by atoms with E-state index in [-0.39, 0.29) is 11.1 Å². The molecule has 0 N–H and O–H groups in total. The molecule has 0 spiro atoms. The third kappa shape index (κ3) is 13.4. The van der Waals surface area contributed by atoms with E-state index in [1.165, 1.54) is 57.3 Å². The first-order chi connectivity index (χ1) is 10.5. The number of unbranched alkanes of at least 4 members (excludes halogenated alkanes) is 2. The second-order valence-electron chi connectivity index (χ2n) is 8.06. The summed E-state index contributed by atoms with van der Waals surface area (Å²) in [6.45, 7) is 17.2. The van der Waals surface area contributed by atoms with Gasteiger partial charge in [-0.05, 0) is 0 Å². The number of hydrogen-bond donors (Lipinski definition) is 0. The van der Waals surface area contributed by atoms with Gasteiger partial charge in [-0.1, -0.05) is 0 Å². The summed E-state index contributed by atoms with van der Waals surface area (Å²) in [5.41, 5.74) is -0.103. The van der Waals surface area contributed by atoms with Crippen LogP contribution in [-0.2, 0) is 22.7 Å². The molecule has 4 nitrogen and oxygen atoms in total. The SMILES string of the molecule is CCC[CH2][Sn]([CH2]CCC)([N]=S=NC(C)(C)C)[N]=S=NC(C)(C)C. The molecule has 0 radical (unpaired) electrons. The molecule has 23 heavy (non-hydrogen) atoms. The molecule has 136 valence electrons. The normalized spacial score (nSPS) is 12.5. The Balaban J connectivity index is 5.66. The first-order valence-corrected chi connectivity index (χ1v) is 16.8. The predicted octanol–water partition coefficient (Wildman–Crippen LogP) is 6.53. The minimum absolute atomic E-state index is 0.0514. The maximum absolute atomic E-state index is 5.05. The van der Waals surface area contributed by atoms with Gasteiger partial charge in [-0.25, -0.2) is 0 Å². The molecule has 0 atom stereocenters. The van der Waals surface area contributed by atoms with Gasteiger partial charge >= 0.3 is 157 Å². The third-order valence-electron chi connectivity index (χ3n) is 2.91. The molecule has 0 aliphatic carbocycles. The fourth-order valence-electron chi connectivity index (χ4n) is 1.68. The predicted molar refractivity (Wildman–Crippen MR) is 109 cm³/mol. The summed E-state index contributed by atoms with van der Waals surface area (Å²) in [6, 6.07) is 0. The summed E-state index contributed by atoms with van der Waals surface area (Å²) in [6.07, 6.45) is 4.86. The van der Waals surface area contributed by atoms with Gasteiger partial charge in [-0.15, -0.1) is 0 Å². The molecule has 0 aromatic heterocycles. The molecule has 0 unspecified atom stereocenters. The van der Waals surface area contributed by atoms with Gasteiger partial charge in [0.2, 0.25) is 0 Å². The number of nitrogens with zero attached hydrogens (tertiary/aromatic N) is 4. The van der Waals surface area contributed by atoms with E-state index in [1.807, 2.05) is 0 Å². The van der Waals surface area contributed by atoms with Gasteiger partial charge < -0.3 is 0 Å². The van der Waals surface area contributed by atoms with Crippen LogP contribution in [-0.4, -0.2) is 30.0 Å². The van der Waals surface area contributed by atoms with E-state index in [9.17, 15) is 0 Å². The molecule has 0 saturated carbocycles. The molecule has 0 aromatic carbocycles. The molecule has 0 bridgehead atoms. The zero-order valence-corrected chi connectivity index (χ0v) is 20.8. The molecular weight excluding hydrogens is 431 g/mol. The van der Waals surface area contributed by atoms with Crippen molar-refractivity contribution < 1.29 is 0 Å². The average molecular weight is 467 g/mol. The third-order valence-corrected chi connectivity index (χ3v) is 18.8. The molecule has 0 aliphatic heterocycles. The van der Waals surface area contributed by atoms with Crippen molar-refractivity contribution in [2.24, 2.45) is 13.9 Å². The zero-order chi connectivity index (χ0) is 18.0. The van der Waals surface area contributed by atoms with Gasteiger partial charge in [0.1, 0.15) is 0 Å². The molecule has 7 heteroatoms. The summed E-state index contributed by atoms with van der Waals surface area (Å²) in [4.78, 5) is 0. The van der Waals surface area contributed by atoms with Crippen LogP contribution < -0.4 is 0 Å². The van der Waals surface area contributed by atoms with Crippen molar-refractivity contribution in [1.82, 2.24) is 0 Å². The fourth-order valence-corrected chi connectivity index (χ4v) is 16.3. The Morgan fingerprint density at radius 2 is 1.04 bits per heavy atom. The Labute approximate surface area is 156 Å². The summed E-state index contributed by atoms with van der Waals surface area (Å²) >= 11 is -0.0669. The molecule has 0 saturated heterocycles. The first kappa shape index (κ1) is 23.4. The van der Waals surface area contributed by atoms with Crippen LogP contribution in [0.3, 0.4) is 0 Å². The van der Waals surface area contributed by atoms with Crippen LogP contribution in [0.5, 0.6) is 0 Å². The van der Waals surface area contributed by atoms with E-state index in [2.05, 4.69) is 64.1 Å². The Morgan fingerprint density at radius 3 is 1.30 bits per heavy atom. The second kappa shape index (κ2) is 11.1. The van der Waals surface area contributed by atoms with E-state index in [4.69, 9.17) is 5.17 Å². The Kier molecular flexibility index (Phi) is 11.3. The van der Waals surface area contributed by atoms with Gasteiger partial charge in [0.25, 0.3) is 0 Å². The number of rotatable bonds is 8. The molecule has 0 fully saturated rings. The van der Waals surface area contributed by atoms with E-state index >= 15 is 0 Å². The van der Waals surface area contributed by atoms with Crippen molar-refractivity contribution in [3.8, 4) is 0 Å². The van der Waals surface area contributed by atoms with Gasteiger partial charge in [0.15, 0.2) is 0 Å². The summed E-state index contributed by atoms with van der Waals surface area (Å²) in [5.74, 6) is 0. The van der Waals surface area contributed by atoms with Crippen LogP contribution in [0.2, 0.25) is 8.87 Å². The first-order valence-electron chi connectivity index (χ1n) is 8.75. The standard InChI is InChI=1S/2C4H9N2S.2C4H9.Sn/c2*1-4(2,3)6-7-5;2*1-3-4-2;/h2*1-3H3;2*1,3-4H2,2H3;/q2*-1;;;+2. The van der Waals surface area contributed by atoms with Crippen LogP contribution in [0.4, 0.5) is 0 Å². The molecule has 0 rings (SSSR count). The molecule has 0 amide bonds. The molecular formula is C16H36N4S2Sn. The van der Waals surface area contributed by atoms with E-state index in [0.717, 1.165) is 0 Å². The minimum atomic E-state index is -2.91. The second-order valence-corrected chi connectivity index (χ2v) is 20.7. The van der Waals surface area contributed by atoms with E-state index in [1.54, 1.807) is 0 Å². The van der Waals surface area contributed by atoms with Crippen LogP contribution >= 0.6 is 0 Å².